The maximum absolute atomic E-state index is 8.00. The molecule has 0 atom stereocenters. The van der Waals surface area contributed by atoms with Crippen molar-refractivity contribution in [3.8, 4) is 0 Å². The van der Waals surface area contributed by atoms with Crippen molar-refractivity contribution in [2.45, 2.75) is 0 Å². The summed E-state index contributed by atoms with van der Waals surface area (Å²) in [5.74, 6) is 0. The molecular formula is H4BiN5O11. The van der Waals surface area contributed by atoms with Crippen LogP contribution < -0.4 is 0 Å². The van der Waals surface area contributed by atoms with E-state index in [4.69, 9.17) is 50.6 Å². The van der Waals surface area contributed by atoms with Gasteiger partial charge in [-0.3, -0.25) is 0 Å². The molecule has 0 aromatic rings. The first-order valence-electron chi connectivity index (χ1n) is 1.83. The minimum Gasteiger partial charge on any atom is -0.873 e. The fourth-order valence-corrected chi connectivity index (χ4v) is 0. The molecule has 0 saturated carbocycles. The smallest absolute Gasteiger partial charge is 0.873 e. The average Bonchev–Trinajstić information content (AvgIpc) is 2.09. The zero-order valence-corrected chi connectivity index (χ0v) is 10.9. The molecule has 0 heterocycles. The molecule has 0 aliphatic heterocycles. The summed E-state index contributed by atoms with van der Waals surface area (Å²) in [4.78, 5) is 40.0. The summed E-state index contributed by atoms with van der Waals surface area (Å²) < 4.78 is 0. The summed E-state index contributed by atoms with van der Waals surface area (Å²) in [5.41, 5.74) is 0. The first-order chi connectivity index (χ1) is 7.07. The van der Waals surface area contributed by atoms with Crippen molar-refractivity contribution in [3.63, 3.8) is 0 Å². The van der Waals surface area contributed by atoms with Crippen molar-refractivity contribution in [2.24, 2.45) is 26.7 Å². The van der Waals surface area contributed by atoms with Crippen LogP contribution in [-0.4, -0.2) is 26.2 Å². The molecule has 0 bridgehead atoms. The Hall–Kier alpha value is -2.16. The van der Waals surface area contributed by atoms with Gasteiger partial charge in [-0.25, -0.2) is 0 Å². The summed E-state index contributed by atoms with van der Waals surface area (Å²) in [6.45, 7) is 0. The Bertz CT molecular complexity index is 92.2. The van der Waals surface area contributed by atoms with E-state index < -0.39 is 0 Å². The molecule has 0 spiro atoms. The second kappa shape index (κ2) is 282. The predicted molar refractivity (Wildman–Crippen MR) is 57.8 cm³/mol. The standard InChI is InChI=1S/Bi.5HNO2.H4O/c;5*2-1-3;/h;5*(H,2,3);1H4/q+3;;;;;;+2/p-5. The van der Waals surface area contributed by atoms with Crippen LogP contribution >= 0.6 is 0 Å². The quantitative estimate of drug-likeness (QED) is 0.258. The molecule has 2 radical (unpaired) electrons. The van der Waals surface area contributed by atoms with E-state index in [-0.39, 0.29) is 31.7 Å². The third-order valence-electron chi connectivity index (χ3n) is 0. The Labute approximate surface area is 109 Å². The number of rotatable bonds is 0. The molecule has 16 nitrogen and oxygen atoms in total. The van der Waals surface area contributed by atoms with Crippen LogP contribution in [0.4, 0.5) is 0 Å². The molecule has 0 aromatic carbocycles. The first-order valence-corrected chi connectivity index (χ1v) is 1.83. The normalized spacial score (nSPS) is 3.53. The summed E-state index contributed by atoms with van der Waals surface area (Å²) in [6, 6.07) is 0. The van der Waals surface area contributed by atoms with Gasteiger partial charge in [0.25, 0.3) is 0 Å². The Balaban J connectivity index is -0.0000000143. The third kappa shape index (κ3) is 417. The van der Waals surface area contributed by atoms with Gasteiger partial charge in [-0.15, -0.1) is 26.7 Å². The van der Waals surface area contributed by atoms with E-state index in [2.05, 4.69) is 0 Å². The van der Waals surface area contributed by atoms with Gasteiger partial charge >= 0.3 is 26.2 Å². The molecule has 0 aromatic heterocycles. The Morgan fingerprint density at radius 2 is 0.471 bits per heavy atom. The van der Waals surface area contributed by atoms with Crippen LogP contribution in [0.3, 0.4) is 0 Å². The van der Waals surface area contributed by atoms with Crippen LogP contribution in [0.5, 0.6) is 0 Å². The summed E-state index contributed by atoms with van der Waals surface area (Å²) in [6.07, 6.45) is 0. The maximum atomic E-state index is 8.00. The van der Waals surface area contributed by atoms with Crippen LogP contribution in [0.2, 0.25) is 0 Å². The molecule has 0 unspecified atom stereocenters. The fraction of sp³-hybridized carbons (Fsp3) is 0. The van der Waals surface area contributed by atoms with Crippen molar-refractivity contribution in [1.82, 2.24) is 0 Å². The topological polar surface area (TPSA) is 297 Å². The largest absolute Gasteiger partial charge is 3.00 e. The van der Waals surface area contributed by atoms with E-state index >= 15 is 0 Å². The van der Waals surface area contributed by atoms with Crippen LogP contribution in [0.25, 0.3) is 0 Å². The van der Waals surface area contributed by atoms with Crippen molar-refractivity contribution < 1.29 is 5.48 Å². The van der Waals surface area contributed by atoms with Gasteiger partial charge in [-0.05, 0) is 0 Å². The minimum atomic E-state index is 0. The van der Waals surface area contributed by atoms with Crippen LogP contribution in [0.1, 0.15) is 0 Å². The Morgan fingerprint density at radius 1 is 0.471 bits per heavy atom. The molecule has 0 saturated heterocycles. The summed E-state index contributed by atoms with van der Waals surface area (Å²) in [5, 5.41) is 45.0. The maximum Gasteiger partial charge on any atom is 3.00 e. The van der Waals surface area contributed by atoms with Gasteiger partial charge in [-0.2, -0.15) is 0 Å². The van der Waals surface area contributed by atoms with Crippen LogP contribution in [-0.2, 0) is 5.48 Å². The van der Waals surface area contributed by atoms with Crippen molar-refractivity contribution >= 4 is 26.2 Å². The molecule has 0 aliphatic carbocycles. The molecule has 17 heteroatoms. The average molecular weight is 459 g/mol. The molecule has 0 fully saturated rings. The van der Waals surface area contributed by atoms with Gasteiger partial charge in [0.2, 0.25) is 0 Å². The first kappa shape index (κ1) is 46.2. The zero-order chi connectivity index (χ0) is 13.5. The van der Waals surface area contributed by atoms with Gasteiger partial charge in [0, 0.05) is 0 Å². The molecule has 0 amide bonds. The number of hydrogen-bond acceptors (Lipinski definition) is 15. The van der Waals surface area contributed by atoms with Gasteiger partial charge in [-0.1, -0.05) is 0 Å². The van der Waals surface area contributed by atoms with E-state index in [1.54, 1.807) is 0 Å². The Morgan fingerprint density at radius 3 is 0.471 bits per heavy atom. The van der Waals surface area contributed by atoms with Gasteiger partial charge in [0.15, 0.2) is 0 Å². The van der Waals surface area contributed by atoms with E-state index in [9.17, 15) is 0 Å². The van der Waals surface area contributed by atoms with E-state index in [0.29, 0.717) is 0 Å². The van der Waals surface area contributed by atoms with Gasteiger partial charge < -0.3 is 56.0 Å². The van der Waals surface area contributed by atoms with Crippen molar-refractivity contribution in [1.29, 1.82) is 0 Å². The van der Waals surface area contributed by atoms with E-state index in [1.165, 1.54) is 0 Å². The van der Waals surface area contributed by atoms with Gasteiger partial charge in [0.05, 0.1) is 0 Å². The van der Waals surface area contributed by atoms with E-state index in [1.807, 2.05) is 0 Å². The number of hydrogen-bond donors (Lipinski definition) is 0. The second-order valence-corrected chi connectivity index (χ2v) is 0.373. The minimum absolute atomic E-state index is 0. The molecule has 0 rings (SSSR count). The van der Waals surface area contributed by atoms with Crippen molar-refractivity contribution in [3.05, 3.63) is 50.6 Å². The van der Waals surface area contributed by atoms with Crippen LogP contribution in [0, 0.1) is 50.6 Å². The molecule has 4 N–H and O–H groups in total. The SMILES string of the molecule is O=N[O-].O=N[O-].O=N[O-].O=N[O-].O=N[O-].[Bi+3].[OH4+2]. The molecule has 17 heavy (non-hydrogen) atoms. The monoisotopic (exact) mass is 459 g/mol. The number of nitrogens with zero attached hydrogens (tertiary/aromatic N) is 5. The van der Waals surface area contributed by atoms with E-state index in [0.717, 1.165) is 26.7 Å². The second-order valence-electron chi connectivity index (χ2n) is 0.373. The van der Waals surface area contributed by atoms with Crippen molar-refractivity contribution in [2.75, 3.05) is 0 Å². The fourth-order valence-electron chi connectivity index (χ4n) is 0. The molecular weight excluding hydrogens is 455 g/mol. The zero-order valence-electron chi connectivity index (χ0n) is 7.47. The summed E-state index contributed by atoms with van der Waals surface area (Å²) >= 11 is 0. The molecule has 100 valence electrons. The van der Waals surface area contributed by atoms with Crippen LogP contribution in [0.15, 0.2) is 26.7 Å². The summed E-state index contributed by atoms with van der Waals surface area (Å²) in [7, 11) is 0. The third-order valence-corrected chi connectivity index (χ3v) is 0. The molecule has 0 aliphatic rings. The van der Waals surface area contributed by atoms with Gasteiger partial charge in [0.1, 0.15) is 0 Å². The Kier molecular flexibility index (Phi) is 768. The predicted octanol–water partition coefficient (Wildman–Crippen LogP) is -0.317.